The van der Waals surface area contributed by atoms with Gasteiger partial charge in [-0.05, 0) is 201 Å². The molecule has 0 aliphatic heterocycles. The summed E-state index contributed by atoms with van der Waals surface area (Å²) in [4.78, 5) is 65.8. The van der Waals surface area contributed by atoms with Gasteiger partial charge in [0.15, 0.2) is 57.5 Å². The van der Waals surface area contributed by atoms with Gasteiger partial charge in [-0.1, -0.05) is 113 Å². The van der Waals surface area contributed by atoms with E-state index in [1.807, 2.05) is 0 Å². The molecule has 0 radical (unpaired) electrons. The average Bonchev–Trinajstić information content (AvgIpc) is 1.81. The summed E-state index contributed by atoms with van der Waals surface area (Å²) in [5.74, 6) is -4.79. The zero-order valence-corrected chi connectivity index (χ0v) is 76.2. The molecule has 5 aliphatic carbocycles. The predicted octanol–water partition coefficient (Wildman–Crippen LogP) is 18.3. The van der Waals surface area contributed by atoms with Crippen LogP contribution in [0.25, 0.3) is 0 Å². The van der Waals surface area contributed by atoms with Gasteiger partial charge in [0.1, 0.15) is 7.38 Å². The van der Waals surface area contributed by atoms with Crippen LogP contribution in [-0.4, -0.2) is 162 Å². The summed E-state index contributed by atoms with van der Waals surface area (Å²) in [7, 11) is 5.09. The number of carboxylic acids is 3. The van der Waals surface area contributed by atoms with E-state index < -0.39 is 60.2 Å². The summed E-state index contributed by atoms with van der Waals surface area (Å²) in [5.41, 5.74) is 6.98. The van der Waals surface area contributed by atoms with Crippen LogP contribution in [0.4, 0.5) is 5.69 Å². The van der Waals surface area contributed by atoms with Crippen LogP contribution in [-0.2, 0) is 14.2 Å². The molecule has 0 unspecified atom stereocenters. The van der Waals surface area contributed by atoms with Crippen molar-refractivity contribution in [2.24, 2.45) is 0 Å². The molecular formula is C75H95BBr3Cl6ILiNO24Si. The van der Waals surface area contributed by atoms with Crippen molar-refractivity contribution in [3.8, 4) is 57.5 Å². The Kier molecular flexibility index (Phi) is 54.2. The fraction of sp³-hybridized carbons (Fsp3) is 0.440. The second-order valence-corrected chi connectivity index (χ2v) is 43.3. The Morgan fingerprint density at radius 3 is 0.973 bits per heavy atom. The third-order valence-corrected chi connectivity index (χ3v) is 18.6. The molecule has 38 heteroatoms. The van der Waals surface area contributed by atoms with Gasteiger partial charge in [-0.3, -0.25) is 0 Å². The van der Waals surface area contributed by atoms with Gasteiger partial charge < -0.3 is 95.1 Å². The van der Waals surface area contributed by atoms with E-state index in [-0.39, 0.29) is 107 Å². The van der Waals surface area contributed by atoms with Crippen LogP contribution in [0, 0.1) is 0 Å². The van der Waals surface area contributed by atoms with Crippen LogP contribution in [0.15, 0.2) is 84.9 Å². The number of rotatable bonds is 15. The van der Waals surface area contributed by atoms with Gasteiger partial charge in [-0.2, -0.15) is 11.1 Å². The molecule has 5 saturated carbocycles. The number of carbonyl (C=O) groups excluding carboxylic acids is 3. The number of carboxylic acid groups (broad SMARTS) is 3. The molecule has 0 aromatic heterocycles. The number of methoxy groups -OCH3 is 4. The van der Waals surface area contributed by atoms with Crippen molar-refractivity contribution in [3.05, 3.63) is 143 Å². The van der Waals surface area contributed by atoms with Crippen LogP contribution in [0.2, 0.25) is 44.8 Å². The van der Waals surface area contributed by atoms with E-state index in [0.717, 1.165) is 112 Å². The van der Waals surface area contributed by atoms with Crippen LogP contribution in [0.1, 0.15) is 191 Å². The Labute approximate surface area is 739 Å². The molecule has 5 fully saturated rings. The summed E-state index contributed by atoms with van der Waals surface area (Å²) in [5, 5.41) is 79.0. The van der Waals surface area contributed by atoms with Crippen molar-refractivity contribution in [2.75, 3.05) is 41.3 Å². The van der Waals surface area contributed by atoms with Crippen molar-refractivity contribution in [3.63, 3.8) is 0 Å². The molecule has 6 aromatic carbocycles. The molecule has 6 aromatic rings. The van der Waals surface area contributed by atoms with Gasteiger partial charge in [0.05, 0.1) is 111 Å². The fourth-order valence-electron chi connectivity index (χ4n) is 10.6. The molecule has 622 valence electrons. The zero-order valence-electron chi connectivity index (χ0n) is 63.7. The molecule has 0 amide bonds. The first-order chi connectivity index (χ1) is 52.3. The van der Waals surface area contributed by atoms with Gasteiger partial charge >= 0.3 is 57.9 Å². The summed E-state index contributed by atoms with van der Waals surface area (Å²) >= 11 is 46.6. The summed E-state index contributed by atoms with van der Waals surface area (Å²) in [6, 6.07) is 19.5. The summed E-state index contributed by atoms with van der Waals surface area (Å²) in [6.45, 7) is 6.28. The number of nitrogen functional groups attached to an aromatic ring is 1. The third-order valence-electron chi connectivity index (χ3n) is 15.9. The number of aromatic hydroxyl groups is 5. The largest absolute Gasteiger partial charge is 1.00 e. The van der Waals surface area contributed by atoms with Crippen LogP contribution < -0.4 is 48.3 Å². The number of anilines is 1. The first kappa shape index (κ1) is 108. The molecule has 0 atom stereocenters. The molecule has 25 nitrogen and oxygen atoms in total. The first-order valence-electron chi connectivity index (χ1n) is 34.6. The number of esters is 3. The summed E-state index contributed by atoms with van der Waals surface area (Å²) in [6.07, 6.45) is 24.0. The number of aliphatic hydroxyl groups excluding tert-OH is 1. The quantitative estimate of drug-likeness (QED) is 0.00667. The van der Waals surface area contributed by atoms with Crippen molar-refractivity contribution >= 4 is 191 Å². The number of halogens is 10. The minimum Gasteiger partial charge on any atom is -0.870 e. The van der Waals surface area contributed by atoms with Gasteiger partial charge in [0, 0.05) is 16.7 Å². The molecule has 0 heterocycles. The maximum Gasteiger partial charge on any atom is 1.00 e. The number of alkyl halides is 1. The van der Waals surface area contributed by atoms with Crippen LogP contribution >= 0.6 is 139 Å². The van der Waals surface area contributed by atoms with Crippen molar-refractivity contribution in [1.82, 2.24) is 0 Å². The molecular weight excluding hydrogens is 1920 g/mol. The normalized spacial score (nSPS) is 14.0. The Hall–Kier alpha value is -5.35. The fourth-order valence-corrected chi connectivity index (χ4v) is 12.6. The smallest absolute Gasteiger partial charge is 0.870 e. The van der Waals surface area contributed by atoms with Gasteiger partial charge in [-0.25, -0.2) is 28.8 Å². The van der Waals surface area contributed by atoms with E-state index >= 15 is 0 Å². The SMILES string of the molecule is BrB(Br)Br.CO.COC(=O)c1cc(Cl)c(OC2CCCC2)c(OC2CCCC2)c1.COC(=O)c1cc(O)c(O)c(Cl)c1.COC(=O)c1ccc(N)cc1.COc1cc(C(=O)O)cc(Cl)c1O.C[Si](C)(C)Cl.IC1CCCC1.O=C(O)c1cc(Cl)c(OC2CCCC2)c(OC2CCCC2)c1.O=C(O)c1cc(O)c(O)c(Cl)c1.[Li+].[OH-]. The standard InChI is InChI=1S/C18H23ClO4.C17H21ClO4.2C8H7ClO4.C8H9NO2.C7H5ClO4.C5H9I.C3H9ClSi.CH4O.BBr3.Li.H2O/c1-21-18(20)12-10-15(19)17(23-14-8-4-5-9-14)16(11-12)22-13-6-2-3-7-13;18-14-9-11(17(19)20)10-15(21-12-5-1-2-6-12)16(14)22-13-7-3-4-8-13;1-13-6-3-4(8(11)12)2-5(9)7(6)10;1-13-8(12)4-2-5(9)7(11)6(10)3-4;1-11-8(10)6-2-4-7(9)5-3-6;8-4-1-3(7(11)12)2-5(9)6(4)10;6-5-3-1-2-4-5;1-5(2,3)4;1-2;2-1(3)4;;/h10-11,13-14H,2-9H2,1H3;9-10,12-13H,1-8H2,(H,19,20);2-3,10H,1H3,(H,11,12);2-3,10-11H,1H3;2-5H,9H2,1H3;1-2,9-10H,(H,11,12);5H,1-4H2;1-3H3;2H,1H3;;;1H2/q;;;;;;;;;;+1;/p-1. The predicted molar refractivity (Wildman–Crippen MR) is 458 cm³/mol. The van der Waals surface area contributed by atoms with E-state index in [9.17, 15) is 39.0 Å². The van der Waals surface area contributed by atoms with Crippen molar-refractivity contribution in [1.29, 1.82) is 0 Å². The molecule has 0 spiro atoms. The second-order valence-electron chi connectivity index (χ2n) is 25.5. The molecule has 113 heavy (non-hydrogen) atoms. The van der Waals surface area contributed by atoms with E-state index in [0.29, 0.717) is 49.9 Å². The second kappa shape index (κ2) is 56.9. The first-order valence-corrected chi connectivity index (χ1v) is 45.0. The maximum atomic E-state index is 11.8. The Morgan fingerprint density at radius 2 is 0.673 bits per heavy atom. The van der Waals surface area contributed by atoms with E-state index in [1.165, 1.54) is 104 Å². The van der Waals surface area contributed by atoms with Crippen molar-refractivity contribution < 1.29 is 137 Å². The number of phenols is 5. The molecule has 0 bridgehead atoms. The number of benzene rings is 6. The minimum absolute atomic E-state index is 0. The third kappa shape index (κ3) is 41.6. The number of hydrogen-bond donors (Lipinski definition) is 10. The molecule has 11 rings (SSSR count). The molecule has 5 aliphatic rings. The number of nitrogens with two attached hydrogens (primary N) is 1. The molecule has 0 saturated heterocycles. The summed E-state index contributed by atoms with van der Waals surface area (Å²) < 4.78 is 44.0. The van der Waals surface area contributed by atoms with E-state index in [4.69, 9.17) is 139 Å². The minimum atomic E-state index is -1.22. The number of aliphatic hydroxyl groups is 1. The number of carbonyl (C=O) groups is 6. The van der Waals surface area contributed by atoms with Crippen molar-refractivity contribution in [2.45, 2.75) is 176 Å². The van der Waals surface area contributed by atoms with Crippen LogP contribution in [0.5, 0.6) is 57.5 Å². The average molecular weight is 2020 g/mol. The maximum absolute atomic E-state index is 11.8. The van der Waals surface area contributed by atoms with Gasteiger partial charge in [0.25, 0.3) is 0 Å². The topological polar surface area (TPSA) is 414 Å². The number of hydrogen-bond acceptors (Lipinski definition) is 22. The zero-order chi connectivity index (χ0) is 83.8. The monoisotopic (exact) mass is 2010 g/mol. The number of aromatic carboxylic acids is 3. The Bertz CT molecular complexity index is 3880. The van der Waals surface area contributed by atoms with Gasteiger partial charge in [0.2, 0.25) is 0 Å². The van der Waals surface area contributed by atoms with E-state index in [1.54, 1.807) is 36.4 Å². The Morgan fingerprint density at radius 1 is 0.425 bits per heavy atom. The Balaban J connectivity index is 0.00000130. The van der Waals surface area contributed by atoms with E-state index in [2.05, 4.69) is 99.0 Å². The number of ether oxygens (including phenoxy) is 8. The molecule has 12 N–H and O–H groups in total. The number of phenolic OH excluding ortho intramolecular Hbond substituents is 5. The van der Waals surface area contributed by atoms with Gasteiger partial charge in [-0.15, -0.1) is 47.3 Å². The van der Waals surface area contributed by atoms with Crippen LogP contribution in [0.3, 0.4) is 0 Å².